The van der Waals surface area contributed by atoms with Crippen molar-refractivity contribution in [2.24, 2.45) is 0 Å². The minimum absolute atomic E-state index is 0.220. The number of aromatic nitrogens is 1. The van der Waals surface area contributed by atoms with Gasteiger partial charge in [-0.2, -0.15) is 0 Å². The van der Waals surface area contributed by atoms with E-state index in [1.807, 2.05) is 39.0 Å². The summed E-state index contributed by atoms with van der Waals surface area (Å²) in [5.74, 6) is 0.220. The highest BCUT2D eigenvalue weighted by atomic mass is 79.9. The van der Waals surface area contributed by atoms with E-state index >= 15 is 0 Å². The molecule has 7 heteroatoms. The summed E-state index contributed by atoms with van der Waals surface area (Å²) >= 11 is 3.40. The van der Waals surface area contributed by atoms with Gasteiger partial charge in [-0.15, -0.1) is 0 Å². The number of benzene rings is 1. The predicted molar refractivity (Wildman–Crippen MR) is 103 cm³/mol. The summed E-state index contributed by atoms with van der Waals surface area (Å²) in [6.07, 6.45) is 2.01. The standard InChI is InChI=1S/C19H23BrN2O4/c1-19(2,3)26-18(25)21-8-6-12(7-9-21)15-11-22(17(23)24)16-10-13(20)4-5-14(15)16/h4-5,10-12H,6-9H2,1-3H3,(H,23,24). The number of carbonyl (C=O) groups excluding carboxylic acids is 1. The molecule has 1 N–H and O–H groups in total. The van der Waals surface area contributed by atoms with Crippen LogP contribution in [0, 0.1) is 0 Å². The van der Waals surface area contributed by atoms with E-state index in [4.69, 9.17) is 4.74 Å². The van der Waals surface area contributed by atoms with Gasteiger partial charge in [0.25, 0.3) is 0 Å². The fraction of sp³-hybridized carbons (Fsp3) is 0.474. The molecule has 1 amide bonds. The van der Waals surface area contributed by atoms with E-state index in [1.165, 1.54) is 4.57 Å². The first kappa shape index (κ1) is 18.8. The molecule has 0 saturated carbocycles. The fourth-order valence-corrected chi connectivity index (χ4v) is 3.76. The Bertz CT molecular complexity index is 845. The van der Waals surface area contributed by atoms with E-state index in [0.717, 1.165) is 28.3 Å². The van der Waals surface area contributed by atoms with Gasteiger partial charge in [-0.1, -0.05) is 22.0 Å². The Morgan fingerprint density at radius 1 is 1.23 bits per heavy atom. The summed E-state index contributed by atoms with van der Waals surface area (Å²) in [6.45, 7) is 6.79. The van der Waals surface area contributed by atoms with Crippen LogP contribution in [0.5, 0.6) is 0 Å². The van der Waals surface area contributed by atoms with Crippen molar-refractivity contribution in [2.75, 3.05) is 13.1 Å². The van der Waals surface area contributed by atoms with Crippen LogP contribution in [0.1, 0.15) is 45.1 Å². The SMILES string of the molecule is CC(C)(C)OC(=O)N1CCC(c2cn(C(=O)O)c3cc(Br)ccc23)CC1. The summed E-state index contributed by atoms with van der Waals surface area (Å²) in [4.78, 5) is 25.5. The number of hydrogen-bond donors (Lipinski definition) is 1. The van der Waals surface area contributed by atoms with Crippen LogP contribution in [0.3, 0.4) is 0 Å². The van der Waals surface area contributed by atoms with E-state index in [-0.39, 0.29) is 12.0 Å². The van der Waals surface area contributed by atoms with Gasteiger partial charge in [0.1, 0.15) is 5.60 Å². The molecule has 140 valence electrons. The lowest BCUT2D eigenvalue weighted by molar-refractivity contribution is 0.0205. The number of nitrogens with zero attached hydrogens (tertiary/aromatic N) is 2. The van der Waals surface area contributed by atoms with Crippen molar-refractivity contribution in [2.45, 2.75) is 45.1 Å². The quantitative estimate of drug-likeness (QED) is 0.697. The highest BCUT2D eigenvalue weighted by molar-refractivity contribution is 9.10. The molecule has 0 spiro atoms. The van der Waals surface area contributed by atoms with E-state index in [9.17, 15) is 14.7 Å². The molecule has 2 heterocycles. The number of carboxylic acid groups (broad SMARTS) is 1. The Morgan fingerprint density at radius 3 is 2.46 bits per heavy atom. The van der Waals surface area contributed by atoms with Crippen molar-refractivity contribution in [3.8, 4) is 0 Å². The predicted octanol–water partition coefficient (Wildman–Crippen LogP) is 5.04. The van der Waals surface area contributed by atoms with Gasteiger partial charge in [0.2, 0.25) is 0 Å². The molecule has 1 aliphatic heterocycles. The maximum Gasteiger partial charge on any atom is 0.416 e. The molecule has 0 atom stereocenters. The Morgan fingerprint density at radius 2 is 1.88 bits per heavy atom. The van der Waals surface area contributed by atoms with E-state index < -0.39 is 11.7 Å². The zero-order valence-corrected chi connectivity index (χ0v) is 16.7. The normalized spacial score (nSPS) is 16.1. The van der Waals surface area contributed by atoms with Gasteiger partial charge in [-0.05, 0) is 57.2 Å². The van der Waals surface area contributed by atoms with E-state index in [1.54, 1.807) is 11.1 Å². The van der Waals surface area contributed by atoms with E-state index in [0.29, 0.717) is 18.6 Å². The van der Waals surface area contributed by atoms with Crippen molar-refractivity contribution in [3.05, 3.63) is 34.4 Å². The monoisotopic (exact) mass is 422 g/mol. The van der Waals surface area contributed by atoms with Gasteiger partial charge < -0.3 is 14.7 Å². The molecule has 1 fully saturated rings. The van der Waals surface area contributed by atoms with Crippen LogP contribution in [-0.2, 0) is 4.74 Å². The Labute approximate surface area is 160 Å². The molecule has 1 aromatic carbocycles. The third kappa shape index (κ3) is 3.87. The van der Waals surface area contributed by atoms with Crippen molar-refractivity contribution in [1.82, 2.24) is 9.47 Å². The molecule has 2 aromatic rings. The third-order valence-electron chi connectivity index (χ3n) is 4.59. The second-order valence-corrected chi connectivity index (χ2v) is 8.56. The molecular formula is C19H23BrN2O4. The maximum atomic E-state index is 12.2. The molecule has 1 saturated heterocycles. The molecule has 0 unspecified atom stereocenters. The van der Waals surface area contributed by atoms with Crippen LogP contribution in [0.4, 0.5) is 9.59 Å². The minimum atomic E-state index is -0.995. The van der Waals surface area contributed by atoms with Crippen LogP contribution >= 0.6 is 15.9 Å². The molecular weight excluding hydrogens is 400 g/mol. The summed E-state index contributed by atoms with van der Waals surface area (Å²) in [6, 6.07) is 5.70. The van der Waals surface area contributed by atoms with Crippen LogP contribution in [0.2, 0.25) is 0 Å². The Kier molecular flexibility index (Phi) is 5.01. The molecule has 1 aliphatic rings. The van der Waals surface area contributed by atoms with Crippen LogP contribution in [0.25, 0.3) is 10.9 Å². The van der Waals surface area contributed by atoms with Gasteiger partial charge >= 0.3 is 12.2 Å². The first-order chi connectivity index (χ1) is 12.2. The van der Waals surface area contributed by atoms with Crippen LogP contribution < -0.4 is 0 Å². The number of likely N-dealkylation sites (tertiary alicyclic amines) is 1. The second kappa shape index (κ2) is 6.95. The van der Waals surface area contributed by atoms with Crippen molar-refractivity contribution >= 4 is 39.0 Å². The molecule has 0 bridgehead atoms. The number of hydrogen-bond acceptors (Lipinski definition) is 3. The summed E-state index contributed by atoms with van der Waals surface area (Å²) in [5.41, 5.74) is 1.20. The molecule has 1 aromatic heterocycles. The molecule has 3 rings (SSSR count). The Hall–Kier alpha value is -2.02. The number of halogens is 1. The van der Waals surface area contributed by atoms with Crippen LogP contribution in [-0.4, -0.2) is 45.5 Å². The number of fused-ring (bicyclic) bond motifs is 1. The zero-order valence-electron chi connectivity index (χ0n) is 15.2. The van der Waals surface area contributed by atoms with Crippen molar-refractivity contribution in [1.29, 1.82) is 0 Å². The minimum Gasteiger partial charge on any atom is -0.464 e. The first-order valence-corrected chi connectivity index (χ1v) is 9.47. The van der Waals surface area contributed by atoms with E-state index in [2.05, 4.69) is 15.9 Å². The largest absolute Gasteiger partial charge is 0.464 e. The summed E-state index contributed by atoms with van der Waals surface area (Å²) in [7, 11) is 0. The lowest BCUT2D eigenvalue weighted by Crippen LogP contribution is -2.41. The lowest BCUT2D eigenvalue weighted by atomic mass is 9.89. The van der Waals surface area contributed by atoms with Gasteiger partial charge in [0.05, 0.1) is 5.52 Å². The number of rotatable bonds is 1. The smallest absolute Gasteiger partial charge is 0.416 e. The fourth-order valence-electron chi connectivity index (χ4n) is 3.41. The first-order valence-electron chi connectivity index (χ1n) is 8.67. The zero-order chi connectivity index (χ0) is 19.1. The lowest BCUT2D eigenvalue weighted by Gasteiger charge is -2.33. The van der Waals surface area contributed by atoms with Gasteiger partial charge in [-0.3, -0.25) is 4.57 Å². The topological polar surface area (TPSA) is 71.8 Å². The highest BCUT2D eigenvalue weighted by Gasteiger charge is 2.29. The molecule has 6 nitrogen and oxygen atoms in total. The average Bonchev–Trinajstić information content (AvgIpc) is 2.92. The maximum absolute atomic E-state index is 12.2. The second-order valence-electron chi connectivity index (χ2n) is 7.64. The van der Waals surface area contributed by atoms with Gasteiger partial charge in [-0.25, -0.2) is 9.59 Å². The summed E-state index contributed by atoms with van der Waals surface area (Å²) in [5, 5.41) is 10.4. The number of ether oxygens (including phenoxy) is 1. The Balaban J connectivity index is 1.80. The molecule has 0 aliphatic carbocycles. The number of carbonyl (C=O) groups is 2. The van der Waals surface area contributed by atoms with Crippen molar-refractivity contribution in [3.63, 3.8) is 0 Å². The van der Waals surface area contributed by atoms with Crippen molar-refractivity contribution < 1.29 is 19.4 Å². The number of amides is 1. The number of piperidine rings is 1. The van der Waals surface area contributed by atoms with Gasteiger partial charge in [0, 0.05) is 29.1 Å². The highest BCUT2D eigenvalue weighted by Crippen LogP contribution is 2.35. The average molecular weight is 423 g/mol. The molecule has 0 radical (unpaired) electrons. The van der Waals surface area contributed by atoms with Crippen LogP contribution in [0.15, 0.2) is 28.9 Å². The van der Waals surface area contributed by atoms with Gasteiger partial charge in [0.15, 0.2) is 0 Å². The third-order valence-corrected chi connectivity index (χ3v) is 5.08. The summed E-state index contributed by atoms with van der Waals surface area (Å²) < 4.78 is 7.55. The molecule has 26 heavy (non-hydrogen) atoms.